The quantitative estimate of drug-likeness (QED) is 0.634. The lowest BCUT2D eigenvalue weighted by molar-refractivity contribution is -0.885. The molecule has 0 aromatic heterocycles. The molecule has 0 heterocycles. The van der Waals surface area contributed by atoms with Crippen molar-refractivity contribution >= 4 is 11.8 Å². The van der Waals surface area contributed by atoms with Crippen LogP contribution in [0.1, 0.15) is 19.4 Å². The number of hydrogen-bond acceptors (Lipinski definition) is 2. The molecule has 1 rings (SSSR count). The van der Waals surface area contributed by atoms with Crippen molar-refractivity contribution in [1.29, 1.82) is 0 Å². The van der Waals surface area contributed by atoms with Gasteiger partial charge in [-0.05, 0) is 19.9 Å². The van der Waals surface area contributed by atoms with Gasteiger partial charge in [0.2, 0.25) is 5.91 Å². The highest BCUT2D eigenvalue weighted by Crippen LogP contribution is 2.03. The third-order valence-corrected chi connectivity index (χ3v) is 2.81. The second kappa shape index (κ2) is 8.36. The highest BCUT2D eigenvalue weighted by Gasteiger charge is 2.13. The second-order valence-corrected chi connectivity index (χ2v) is 5.40. The van der Waals surface area contributed by atoms with Gasteiger partial charge in [0.15, 0.2) is 6.54 Å². The molecule has 0 saturated carbocycles. The molecule has 1 atom stereocenters. The number of nitrogens with one attached hydrogen (secondary N) is 3. The van der Waals surface area contributed by atoms with Gasteiger partial charge < -0.3 is 15.5 Å². The third kappa shape index (κ3) is 6.85. The smallest absolute Gasteiger partial charge is 0.275 e. The molecule has 5 nitrogen and oxygen atoms in total. The van der Waals surface area contributed by atoms with E-state index >= 15 is 0 Å². The summed E-state index contributed by atoms with van der Waals surface area (Å²) in [6.07, 6.45) is 0. The first kappa shape index (κ1) is 17.1. The number of benzene rings is 1. The van der Waals surface area contributed by atoms with Gasteiger partial charge in [0.25, 0.3) is 5.91 Å². The van der Waals surface area contributed by atoms with Crippen LogP contribution in [0, 0.1) is 5.82 Å². The Kier molecular flexibility index (Phi) is 6.81. The fourth-order valence-corrected chi connectivity index (χ4v) is 1.92. The number of halogens is 1. The zero-order valence-corrected chi connectivity index (χ0v) is 12.7. The van der Waals surface area contributed by atoms with Crippen molar-refractivity contribution in [2.24, 2.45) is 0 Å². The minimum atomic E-state index is -0.270. The number of quaternary nitrogens is 1. The predicted molar refractivity (Wildman–Crippen MR) is 78.1 cm³/mol. The largest absolute Gasteiger partial charge is 0.352 e. The first-order valence-corrected chi connectivity index (χ1v) is 6.99. The minimum absolute atomic E-state index is 0.0377. The summed E-state index contributed by atoms with van der Waals surface area (Å²) in [5.41, 5.74) is 0.570. The van der Waals surface area contributed by atoms with E-state index < -0.39 is 0 Å². The molecule has 1 aromatic rings. The molecule has 0 aliphatic carbocycles. The second-order valence-electron chi connectivity index (χ2n) is 5.40. The minimum Gasteiger partial charge on any atom is -0.352 e. The maximum Gasteiger partial charge on any atom is 0.275 e. The topological polar surface area (TPSA) is 62.6 Å². The van der Waals surface area contributed by atoms with Crippen molar-refractivity contribution in [2.75, 3.05) is 20.1 Å². The summed E-state index contributed by atoms with van der Waals surface area (Å²) >= 11 is 0. The normalized spacial score (nSPS) is 12.0. The summed E-state index contributed by atoms with van der Waals surface area (Å²) < 4.78 is 13.5. The van der Waals surface area contributed by atoms with E-state index in [0.29, 0.717) is 12.1 Å². The van der Waals surface area contributed by atoms with Crippen molar-refractivity contribution < 1.29 is 18.9 Å². The summed E-state index contributed by atoms with van der Waals surface area (Å²) in [5.74, 6) is -0.721. The maximum atomic E-state index is 13.5. The van der Waals surface area contributed by atoms with Gasteiger partial charge in [0.05, 0.1) is 13.6 Å². The third-order valence-electron chi connectivity index (χ3n) is 2.81. The fraction of sp³-hybridized carbons (Fsp3) is 0.467. The van der Waals surface area contributed by atoms with Crippen LogP contribution in [-0.4, -0.2) is 38.0 Å². The number of likely N-dealkylation sites (N-methyl/N-ethyl adjacent to an activating group) is 1. The van der Waals surface area contributed by atoms with E-state index in [4.69, 9.17) is 0 Å². The van der Waals surface area contributed by atoms with E-state index in [1.165, 1.54) is 6.07 Å². The molecule has 1 unspecified atom stereocenters. The first-order chi connectivity index (χ1) is 9.88. The lowest BCUT2D eigenvalue weighted by atomic mass is 10.2. The van der Waals surface area contributed by atoms with Gasteiger partial charge in [0, 0.05) is 11.6 Å². The Hall–Kier alpha value is -1.95. The summed E-state index contributed by atoms with van der Waals surface area (Å²) in [6, 6.07) is 6.55. The molecule has 0 spiro atoms. The Morgan fingerprint density at radius 1 is 1.24 bits per heavy atom. The van der Waals surface area contributed by atoms with E-state index in [1.807, 2.05) is 13.8 Å². The average molecular weight is 296 g/mol. The van der Waals surface area contributed by atoms with Crippen LogP contribution in [0.5, 0.6) is 0 Å². The van der Waals surface area contributed by atoms with Crippen molar-refractivity contribution in [3.8, 4) is 0 Å². The Bertz CT molecular complexity index is 492. The first-order valence-electron chi connectivity index (χ1n) is 6.99. The van der Waals surface area contributed by atoms with E-state index in [9.17, 15) is 14.0 Å². The molecule has 21 heavy (non-hydrogen) atoms. The van der Waals surface area contributed by atoms with Crippen LogP contribution in [0.2, 0.25) is 0 Å². The molecule has 0 saturated heterocycles. The van der Waals surface area contributed by atoms with Crippen LogP contribution in [0.4, 0.5) is 4.39 Å². The molecule has 6 heteroatoms. The molecular weight excluding hydrogens is 273 g/mol. The lowest BCUT2D eigenvalue weighted by Crippen LogP contribution is -3.09. The molecule has 0 aliphatic rings. The maximum absolute atomic E-state index is 13.5. The van der Waals surface area contributed by atoms with Crippen LogP contribution < -0.4 is 15.5 Å². The van der Waals surface area contributed by atoms with E-state index in [2.05, 4.69) is 10.6 Å². The summed E-state index contributed by atoms with van der Waals surface area (Å²) in [4.78, 5) is 24.0. The molecule has 0 fully saturated rings. The van der Waals surface area contributed by atoms with Crippen LogP contribution in [-0.2, 0) is 16.1 Å². The van der Waals surface area contributed by atoms with Gasteiger partial charge in [-0.2, -0.15) is 0 Å². The molecule has 0 aliphatic heterocycles. The zero-order valence-electron chi connectivity index (χ0n) is 12.7. The van der Waals surface area contributed by atoms with Crippen LogP contribution in [0.25, 0.3) is 0 Å². The van der Waals surface area contributed by atoms with Gasteiger partial charge >= 0.3 is 0 Å². The molecule has 0 bridgehead atoms. The van der Waals surface area contributed by atoms with Crippen molar-refractivity contribution in [3.05, 3.63) is 35.6 Å². The SMILES string of the molecule is CC(C)NC(=O)CNC(=O)C[NH+](C)Cc1ccccc1F. The molecule has 3 N–H and O–H groups in total. The number of carbonyl (C=O) groups is 2. The number of carbonyl (C=O) groups excluding carboxylic acids is 2. The zero-order chi connectivity index (χ0) is 15.8. The van der Waals surface area contributed by atoms with Gasteiger partial charge in [-0.3, -0.25) is 9.59 Å². The van der Waals surface area contributed by atoms with Crippen LogP contribution in [0.15, 0.2) is 24.3 Å². The van der Waals surface area contributed by atoms with Gasteiger partial charge in [0.1, 0.15) is 12.4 Å². The summed E-state index contributed by atoms with van der Waals surface area (Å²) in [6.45, 7) is 4.27. The van der Waals surface area contributed by atoms with E-state index in [1.54, 1.807) is 25.2 Å². The van der Waals surface area contributed by atoms with Gasteiger partial charge in [-0.15, -0.1) is 0 Å². The number of hydrogen-bond donors (Lipinski definition) is 3. The molecule has 0 radical (unpaired) electrons. The highest BCUT2D eigenvalue weighted by molar-refractivity contribution is 5.85. The Balaban J connectivity index is 2.34. The van der Waals surface area contributed by atoms with Gasteiger partial charge in [-0.1, -0.05) is 18.2 Å². The molecule has 2 amide bonds. The Morgan fingerprint density at radius 2 is 1.90 bits per heavy atom. The fourth-order valence-electron chi connectivity index (χ4n) is 1.92. The Morgan fingerprint density at radius 3 is 2.52 bits per heavy atom. The highest BCUT2D eigenvalue weighted by atomic mass is 19.1. The van der Waals surface area contributed by atoms with Crippen LogP contribution >= 0.6 is 0 Å². The van der Waals surface area contributed by atoms with Crippen molar-refractivity contribution in [3.63, 3.8) is 0 Å². The molecule has 1 aromatic carbocycles. The number of rotatable bonds is 7. The average Bonchev–Trinajstić information content (AvgIpc) is 2.38. The lowest BCUT2D eigenvalue weighted by Gasteiger charge is -2.14. The van der Waals surface area contributed by atoms with E-state index in [0.717, 1.165) is 4.90 Å². The van der Waals surface area contributed by atoms with Crippen molar-refractivity contribution in [2.45, 2.75) is 26.4 Å². The monoisotopic (exact) mass is 296 g/mol. The predicted octanol–water partition coefficient (Wildman–Crippen LogP) is -0.519. The molecule has 116 valence electrons. The number of amides is 2. The van der Waals surface area contributed by atoms with E-state index in [-0.39, 0.29) is 36.8 Å². The van der Waals surface area contributed by atoms with Crippen molar-refractivity contribution in [1.82, 2.24) is 10.6 Å². The standard InChI is InChI=1S/C15H22FN3O2/c1-11(2)18-14(20)8-17-15(21)10-19(3)9-12-6-4-5-7-13(12)16/h4-7,11H,8-10H2,1-3H3,(H,17,21)(H,18,20)/p+1. The van der Waals surface area contributed by atoms with Crippen LogP contribution in [0.3, 0.4) is 0 Å². The van der Waals surface area contributed by atoms with Gasteiger partial charge in [-0.25, -0.2) is 4.39 Å². The molecular formula is C15H23FN3O2+. The summed E-state index contributed by atoms with van der Waals surface area (Å²) in [5, 5.41) is 5.24. The summed E-state index contributed by atoms with van der Waals surface area (Å²) in [7, 11) is 1.81. The Labute approximate surface area is 124 Å².